The van der Waals surface area contributed by atoms with E-state index < -0.39 is 0 Å². The van der Waals surface area contributed by atoms with Gasteiger partial charge in [0.2, 0.25) is 0 Å². The summed E-state index contributed by atoms with van der Waals surface area (Å²) in [5.41, 5.74) is 8.39. The normalized spacial score (nSPS) is 13.8. The highest BCUT2D eigenvalue weighted by Gasteiger charge is 2.08. The molecule has 2 nitrogen and oxygen atoms in total. The molecule has 0 saturated carbocycles. The first-order valence-electron chi connectivity index (χ1n) is 7.16. The maximum absolute atomic E-state index is 5.90. The van der Waals surface area contributed by atoms with Gasteiger partial charge in [-0.05, 0) is 42.5 Å². The Balaban J connectivity index is 1.88. The van der Waals surface area contributed by atoms with Crippen LogP contribution < -0.4 is 10.5 Å². The molecule has 1 unspecified atom stereocenters. The number of rotatable bonds is 6. The van der Waals surface area contributed by atoms with Gasteiger partial charge < -0.3 is 10.5 Å². The van der Waals surface area contributed by atoms with Crippen molar-refractivity contribution in [3.63, 3.8) is 0 Å². The minimum absolute atomic E-state index is 0.226. The summed E-state index contributed by atoms with van der Waals surface area (Å²) in [6, 6.07) is 18.7. The van der Waals surface area contributed by atoms with E-state index >= 15 is 0 Å². The molecule has 2 N–H and O–H groups in total. The Morgan fingerprint density at radius 2 is 1.55 bits per heavy atom. The average molecular weight is 269 g/mol. The average Bonchev–Trinajstić information content (AvgIpc) is 2.47. The summed E-state index contributed by atoms with van der Waals surface area (Å²) >= 11 is 0. The highest BCUT2D eigenvalue weighted by Crippen LogP contribution is 2.17. The van der Waals surface area contributed by atoms with Crippen molar-refractivity contribution in [2.45, 2.75) is 32.9 Å². The Morgan fingerprint density at radius 1 is 0.900 bits per heavy atom. The van der Waals surface area contributed by atoms with Crippen LogP contribution >= 0.6 is 0 Å². The van der Waals surface area contributed by atoms with Crippen LogP contribution in [0.5, 0.6) is 5.75 Å². The molecule has 2 aromatic carbocycles. The second kappa shape index (κ2) is 7.11. The van der Waals surface area contributed by atoms with Crippen LogP contribution in [0.2, 0.25) is 0 Å². The standard InChI is InChI=1S/C18H23NO/c1-14(15(2)19)12-16-8-10-18(11-9-16)20-13-17-6-4-3-5-7-17/h3-11,14-15H,12-13,19H2,1-2H3/t14-,15?/m0/s1. The zero-order chi connectivity index (χ0) is 14.4. The van der Waals surface area contributed by atoms with Crippen LogP contribution in [0.3, 0.4) is 0 Å². The fourth-order valence-corrected chi connectivity index (χ4v) is 2.02. The van der Waals surface area contributed by atoms with Crippen molar-refractivity contribution in [3.8, 4) is 5.75 Å². The molecule has 106 valence electrons. The molecule has 0 saturated heterocycles. The van der Waals surface area contributed by atoms with Crippen LogP contribution in [-0.4, -0.2) is 6.04 Å². The quantitative estimate of drug-likeness (QED) is 0.866. The second-order valence-corrected chi connectivity index (χ2v) is 5.46. The molecule has 20 heavy (non-hydrogen) atoms. The van der Waals surface area contributed by atoms with Crippen LogP contribution in [-0.2, 0) is 13.0 Å². The molecule has 0 amide bonds. The van der Waals surface area contributed by atoms with Gasteiger partial charge in [0.05, 0.1) is 0 Å². The van der Waals surface area contributed by atoms with Crippen LogP contribution in [0, 0.1) is 5.92 Å². The number of nitrogens with two attached hydrogens (primary N) is 1. The summed E-state index contributed by atoms with van der Waals surface area (Å²) in [6.07, 6.45) is 1.01. The molecule has 2 aromatic rings. The van der Waals surface area contributed by atoms with E-state index in [2.05, 4.69) is 38.1 Å². The lowest BCUT2D eigenvalue weighted by Crippen LogP contribution is -2.25. The molecule has 2 heteroatoms. The zero-order valence-corrected chi connectivity index (χ0v) is 12.3. The van der Waals surface area contributed by atoms with Crippen LogP contribution in [0.25, 0.3) is 0 Å². The summed E-state index contributed by atoms with van der Waals surface area (Å²) in [4.78, 5) is 0. The van der Waals surface area contributed by atoms with E-state index in [1.54, 1.807) is 0 Å². The Bertz CT molecular complexity index is 505. The van der Waals surface area contributed by atoms with Crippen molar-refractivity contribution < 1.29 is 4.74 Å². The summed E-state index contributed by atoms with van der Waals surface area (Å²) in [7, 11) is 0. The van der Waals surface area contributed by atoms with Crippen molar-refractivity contribution >= 4 is 0 Å². The van der Waals surface area contributed by atoms with Crippen LogP contribution in [0.4, 0.5) is 0 Å². The fourth-order valence-electron chi connectivity index (χ4n) is 2.02. The van der Waals surface area contributed by atoms with Gasteiger partial charge in [0.1, 0.15) is 12.4 Å². The van der Waals surface area contributed by atoms with E-state index in [-0.39, 0.29) is 6.04 Å². The van der Waals surface area contributed by atoms with Gasteiger partial charge in [-0.3, -0.25) is 0 Å². The van der Waals surface area contributed by atoms with E-state index in [4.69, 9.17) is 10.5 Å². The topological polar surface area (TPSA) is 35.2 Å². The van der Waals surface area contributed by atoms with Crippen molar-refractivity contribution in [2.75, 3.05) is 0 Å². The Hall–Kier alpha value is -1.80. The van der Waals surface area contributed by atoms with Gasteiger partial charge in [0, 0.05) is 6.04 Å². The lowest BCUT2D eigenvalue weighted by Gasteiger charge is -2.15. The Morgan fingerprint density at radius 3 is 2.15 bits per heavy atom. The molecule has 0 fully saturated rings. The maximum atomic E-state index is 5.90. The molecule has 0 spiro atoms. The van der Waals surface area contributed by atoms with Crippen molar-refractivity contribution in [2.24, 2.45) is 11.7 Å². The van der Waals surface area contributed by atoms with Gasteiger partial charge in [0.15, 0.2) is 0 Å². The van der Waals surface area contributed by atoms with E-state index in [9.17, 15) is 0 Å². The zero-order valence-electron chi connectivity index (χ0n) is 12.3. The molecular weight excluding hydrogens is 246 g/mol. The summed E-state index contributed by atoms with van der Waals surface area (Å²) in [5.74, 6) is 1.40. The predicted molar refractivity (Wildman–Crippen MR) is 83.7 cm³/mol. The van der Waals surface area contributed by atoms with Gasteiger partial charge in [-0.1, -0.05) is 49.4 Å². The molecule has 0 aliphatic rings. The van der Waals surface area contributed by atoms with Gasteiger partial charge >= 0.3 is 0 Å². The number of benzene rings is 2. The minimum atomic E-state index is 0.226. The van der Waals surface area contributed by atoms with Gasteiger partial charge in [-0.25, -0.2) is 0 Å². The van der Waals surface area contributed by atoms with E-state index in [1.165, 1.54) is 11.1 Å². The van der Waals surface area contributed by atoms with Crippen molar-refractivity contribution in [1.82, 2.24) is 0 Å². The van der Waals surface area contributed by atoms with Gasteiger partial charge in [-0.15, -0.1) is 0 Å². The molecule has 0 aromatic heterocycles. The summed E-state index contributed by atoms with van der Waals surface area (Å²) in [6.45, 7) is 4.85. The molecule has 0 bridgehead atoms. The fraction of sp³-hybridized carbons (Fsp3) is 0.333. The molecule has 2 rings (SSSR count). The van der Waals surface area contributed by atoms with E-state index in [0.29, 0.717) is 12.5 Å². The third kappa shape index (κ3) is 4.39. The van der Waals surface area contributed by atoms with Crippen molar-refractivity contribution in [1.29, 1.82) is 0 Å². The van der Waals surface area contributed by atoms with Crippen LogP contribution in [0.1, 0.15) is 25.0 Å². The molecule has 2 atom stereocenters. The molecule has 0 radical (unpaired) electrons. The third-order valence-electron chi connectivity index (χ3n) is 3.63. The first-order valence-corrected chi connectivity index (χ1v) is 7.16. The number of ether oxygens (including phenoxy) is 1. The summed E-state index contributed by atoms with van der Waals surface area (Å²) in [5, 5.41) is 0. The molecule has 0 aliphatic heterocycles. The monoisotopic (exact) mass is 269 g/mol. The van der Waals surface area contributed by atoms with Crippen LogP contribution in [0.15, 0.2) is 54.6 Å². The lowest BCUT2D eigenvalue weighted by molar-refractivity contribution is 0.306. The predicted octanol–water partition coefficient (Wildman–Crippen LogP) is 3.79. The number of hydrogen-bond donors (Lipinski definition) is 1. The smallest absolute Gasteiger partial charge is 0.119 e. The lowest BCUT2D eigenvalue weighted by atomic mass is 9.96. The van der Waals surface area contributed by atoms with Gasteiger partial charge in [0.25, 0.3) is 0 Å². The van der Waals surface area contributed by atoms with Gasteiger partial charge in [-0.2, -0.15) is 0 Å². The molecular formula is C18H23NO. The SMILES string of the molecule is CC(N)[C@@H](C)Cc1ccc(OCc2ccccc2)cc1. The first-order chi connectivity index (χ1) is 9.65. The first kappa shape index (κ1) is 14.6. The number of hydrogen-bond acceptors (Lipinski definition) is 2. The Kier molecular flexibility index (Phi) is 5.19. The molecule has 0 heterocycles. The highest BCUT2D eigenvalue weighted by molar-refractivity contribution is 5.28. The third-order valence-corrected chi connectivity index (χ3v) is 3.63. The van der Waals surface area contributed by atoms with Crippen molar-refractivity contribution in [3.05, 3.63) is 65.7 Å². The summed E-state index contributed by atoms with van der Waals surface area (Å²) < 4.78 is 5.77. The minimum Gasteiger partial charge on any atom is -0.489 e. The highest BCUT2D eigenvalue weighted by atomic mass is 16.5. The van der Waals surface area contributed by atoms with E-state index in [1.807, 2.05) is 30.3 Å². The maximum Gasteiger partial charge on any atom is 0.119 e. The molecule has 0 aliphatic carbocycles. The largest absolute Gasteiger partial charge is 0.489 e. The van der Waals surface area contributed by atoms with E-state index in [0.717, 1.165) is 12.2 Å². The Labute approximate surface area is 121 Å². The second-order valence-electron chi connectivity index (χ2n) is 5.46.